The van der Waals surface area contributed by atoms with Crippen molar-refractivity contribution in [3.8, 4) is 0 Å². The molecule has 21 N–H and O–H groups in total. The molecule has 0 heterocycles. The molecule has 8 amide bonds. The Morgan fingerprint density at radius 1 is 0.349 bits per heavy atom. The molecule has 37 heteroatoms. The van der Waals surface area contributed by atoms with Gasteiger partial charge in [-0.2, -0.15) is 0 Å². The Kier molecular flexibility index (Phi) is 48.2. The largest absolute Gasteiger partial charge is 0.481 e. The summed E-state index contributed by atoms with van der Waals surface area (Å²) in [6.07, 6.45) is -16.5. The van der Waals surface area contributed by atoms with Gasteiger partial charge in [-0.05, 0) is 12.8 Å². The van der Waals surface area contributed by atoms with Gasteiger partial charge in [-0.25, -0.2) is 0 Å². The first-order chi connectivity index (χ1) is 41.0. The average molecular weight is 1250 g/mol. The molecule has 0 aliphatic heterocycles. The zero-order valence-electron chi connectivity index (χ0n) is 47.9. The van der Waals surface area contributed by atoms with Crippen molar-refractivity contribution in [1.82, 2.24) is 42.5 Å². The van der Waals surface area contributed by atoms with Crippen molar-refractivity contribution in [2.75, 3.05) is 165 Å². The highest BCUT2D eigenvalue weighted by Crippen LogP contribution is 2.08. The molecule has 0 aliphatic rings. The molecule has 10 atom stereocenters. The van der Waals surface area contributed by atoms with E-state index in [-0.39, 0.29) is 91.6 Å². The second kappa shape index (κ2) is 51.5. The van der Waals surface area contributed by atoms with Crippen LogP contribution in [0, 0.1) is 0 Å². The molecular weight excluding hydrogens is 1160 g/mol. The number of hydrogen-bond donors (Lipinski definition) is 20. The molecule has 0 bridgehead atoms. The molecular formula is C49H91N9O28. The zero-order chi connectivity index (χ0) is 64.5. The van der Waals surface area contributed by atoms with Crippen LogP contribution in [0.4, 0.5) is 0 Å². The van der Waals surface area contributed by atoms with Gasteiger partial charge >= 0.3 is 5.97 Å². The van der Waals surface area contributed by atoms with Crippen molar-refractivity contribution in [2.45, 2.75) is 93.0 Å². The van der Waals surface area contributed by atoms with E-state index in [9.17, 15) is 84.0 Å². The summed E-state index contributed by atoms with van der Waals surface area (Å²) in [6.45, 7) is -0.861. The van der Waals surface area contributed by atoms with Crippen molar-refractivity contribution in [2.24, 2.45) is 5.73 Å². The van der Waals surface area contributed by atoms with Gasteiger partial charge in [-0.1, -0.05) is 0 Å². The van der Waals surface area contributed by atoms with Crippen LogP contribution in [0.15, 0.2) is 0 Å². The molecule has 0 fully saturated rings. The maximum Gasteiger partial charge on any atom is 0.303 e. The van der Waals surface area contributed by atoms with Gasteiger partial charge in [-0.15, -0.1) is 0 Å². The number of rotatable bonds is 56. The van der Waals surface area contributed by atoms with Crippen molar-refractivity contribution in [1.29, 1.82) is 0 Å². The highest BCUT2D eigenvalue weighted by Gasteiger charge is 2.32. The molecule has 37 nitrogen and oxygen atoms in total. The lowest BCUT2D eigenvalue weighted by atomic mass is 10.0. The van der Waals surface area contributed by atoms with E-state index in [4.69, 9.17) is 58.9 Å². The van der Waals surface area contributed by atoms with E-state index < -0.39 is 167 Å². The first-order valence-corrected chi connectivity index (χ1v) is 27.5. The number of ether oxygens (including phenoxy) is 8. The third-order valence-corrected chi connectivity index (χ3v) is 11.4. The Balaban J connectivity index is 3.99. The molecule has 0 aromatic heterocycles. The van der Waals surface area contributed by atoms with E-state index in [1.807, 2.05) is 0 Å². The summed E-state index contributed by atoms with van der Waals surface area (Å²) < 4.78 is 43.4. The average Bonchev–Trinajstić information content (AvgIpc) is 3.68. The maximum absolute atomic E-state index is 13.0. The fraction of sp³-hybridized carbons (Fsp3) is 0.816. The van der Waals surface area contributed by atoms with E-state index in [0.29, 0.717) is 52.9 Å². The smallest absolute Gasteiger partial charge is 0.303 e. The number of carboxylic acids is 1. The Labute approximate surface area is 495 Å². The summed E-state index contributed by atoms with van der Waals surface area (Å²) in [5.41, 5.74) is 5.53. The van der Waals surface area contributed by atoms with Crippen molar-refractivity contribution < 1.29 is 137 Å². The topological polar surface area (TPSA) is 572 Å². The number of hydrogen-bond acceptors (Lipinski definition) is 28. The Bertz CT molecular complexity index is 1900. The molecule has 0 aliphatic carbocycles. The van der Waals surface area contributed by atoms with Gasteiger partial charge in [0, 0.05) is 38.9 Å². The maximum atomic E-state index is 13.0. The molecule has 10 unspecified atom stereocenters. The Morgan fingerprint density at radius 2 is 0.698 bits per heavy atom. The number of carbonyl (C=O) groups is 9. The molecule has 500 valence electrons. The first kappa shape index (κ1) is 80.5. The first-order valence-electron chi connectivity index (χ1n) is 27.5. The van der Waals surface area contributed by atoms with E-state index in [2.05, 4.69) is 42.5 Å². The van der Waals surface area contributed by atoms with Gasteiger partial charge in [0.15, 0.2) is 0 Å². The lowest BCUT2D eigenvalue weighted by Crippen LogP contribution is -2.53. The summed E-state index contributed by atoms with van der Waals surface area (Å²) in [5.74, 6) is -6.85. The molecule has 0 aromatic carbocycles. The third kappa shape index (κ3) is 43.2. The predicted molar refractivity (Wildman–Crippen MR) is 290 cm³/mol. The zero-order valence-corrected chi connectivity index (χ0v) is 47.9. The van der Waals surface area contributed by atoms with Crippen molar-refractivity contribution in [3.05, 3.63) is 0 Å². The van der Waals surface area contributed by atoms with Crippen LogP contribution < -0.4 is 48.3 Å². The molecule has 0 saturated heterocycles. The lowest BCUT2D eigenvalue weighted by molar-refractivity contribution is -0.137. The number of nitrogens with one attached hydrogen (secondary N) is 8. The van der Waals surface area contributed by atoms with E-state index in [1.54, 1.807) is 0 Å². The van der Waals surface area contributed by atoms with Crippen molar-refractivity contribution >= 4 is 53.2 Å². The number of carboxylic acid groups (broad SMARTS) is 1. The minimum Gasteiger partial charge on any atom is -0.481 e. The summed E-state index contributed by atoms with van der Waals surface area (Å²) in [5, 5.41) is 124. The van der Waals surface area contributed by atoms with Crippen LogP contribution in [0.1, 0.15) is 32.1 Å². The van der Waals surface area contributed by atoms with Gasteiger partial charge in [0.2, 0.25) is 47.3 Å². The number of aliphatic hydroxyl groups is 10. The second-order valence-electron chi connectivity index (χ2n) is 18.4. The summed E-state index contributed by atoms with van der Waals surface area (Å²) in [7, 11) is 0. The molecule has 86 heavy (non-hydrogen) atoms. The number of amides is 8. The molecule has 0 spiro atoms. The SMILES string of the molecule is NC(CCC(=O)O)C(=O)NCC(=O)NCC(=O)NCC(=O)NCC(=O)NCCOCCOCCOCCOCCOCCOCCOCCOCCC(=O)NC(CCC(=O)NCC(O)C(O)C(O)C(O)CO)C(=O)NCC(O)C(O)C(O)C(O)CO. The Hall–Kier alpha value is -5.53. The quantitative estimate of drug-likeness (QED) is 0.0251. The number of aliphatic carboxylic acids is 1. The predicted octanol–water partition coefficient (Wildman–Crippen LogP) is -12.3. The molecule has 0 aromatic rings. The lowest BCUT2D eigenvalue weighted by Gasteiger charge is -2.26. The van der Waals surface area contributed by atoms with Gasteiger partial charge in [0.25, 0.3) is 0 Å². The number of aliphatic hydroxyl groups excluding tert-OH is 10. The van der Waals surface area contributed by atoms with Gasteiger partial charge < -0.3 is 142 Å². The number of carbonyl (C=O) groups excluding carboxylic acids is 8. The fourth-order valence-electron chi connectivity index (χ4n) is 6.38. The third-order valence-electron chi connectivity index (χ3n) is 11.4. The van der Waals surface area contributed by atoms with Crippen LogP contribution in [-0.2, 0) is 81.0 Å². The van der Waals surface area contributed by atoms with Crippen LogP contribution in [-0.4, -0.2) is 335 Å². The highest BCUT2D eigenvalue weighted by molar-refractivity contribution is 5.92. The minimum absolute atomic E-state index is 0.0987. The van der Waals surface area contributed by atoms with E-state index in [1.165, 1.54) is 0 Å². The van der Waals surface area contributed by atoms with Crippen molar-refractivity contribution in [3.63, 3.8) is 0 Å². The Morgan fingerprint density at radius 3 is 1.09 bits per heavy atom. The second-order valence-corrected chi connectivity index (χ2v) is 18.4. The molecule has 0 rings (SSSR count). The van der Waals surface area contributed by atoms with Gasteiger partial charge in [-0.3, -0.25) is 43.2 Å². The van der Waals surface area contributed by atoms with Gasteiger partial charge in [0.1, 0.15) is 42.7 Å². The normalized spacial score (nSPS) is 14.8. The highest BCUT2D eigenvalue weighted by atomic mass is 16.6. The fourth-order valence-corrected chi connectivity index (χ4v) is 6.38. The summed E-state index contributed by atoms with van der Waals surface area (Å²) in [4.78, 5) is 108. The summed E-state index contributed by atoms with van der Waals surface area (Å²) >= 11 is 0. The minimum atomic E-state index is -2.00. The molecule has 0 saturated carbocycles. The standard InChI is InChI=1S/C49H91N9O28/c50-31(1-4-43(71)72)48(77)57-28-42(70)55-27-41(69)54-26-40(68)53-25-39(67)51-6-8-80-10-12-82-14-16-84-18-20-86-22-21-85-19-17-83-15-13-81-11-9-79-7-5-38(66)58-32(49(78)56-24-34(62)45(74)47(76)36(64)30-60)2-3-37(65)52-23-33(61)44(73)46(75)35(63)29-59/h31-36,44-47,59-64,73-76H,1-30,50H2,(H,51,67)(H,52,65)(H,53,68)(H,54,69)(H,55,70)(H,56,78)(H,57,77)(H,58,66)(H,71,72). The van der Waals surface area contributed by atoms with Crippen LogP contribution in [0.3, 0.4) is 0 Å². The summed E-state index contributed by atoms with van der Waals surface area (Å²) in [6, 6.07) is -2.53. The van der Waals surface area contributed by atoms with E-state index >= 15 is 0 Å². The van der Waals surface area contributed by atoms with Crippen LogP contribution >= 0.6 is 0 Å². The van der Waals surface area contributed by atoms with E-state index in [0.717, 1.165) is 0 Å². The number of nitrogens with two attached hydrogens (primary N) is 1. The molecule has 0 radical (unpaired) electrons. The van der Waals surface area contributed by atoms with Crippen LogP contribution in [0.2, 0.25) is 0 Å². The monoisotopic (exact) mass is 1250 g/mol. The van der Waals surface area contributed by atoms with Crippen LogP contribution in [0.5, 0.6) is 0 Å². The van der Waals surface area contributed by atoms with Gasteiger partial charge in [0.05, 0.1) is 163 Å². The van der Waals surface area contributed by atoms with Crippen LogP contribution in [0.25, 0.3) is 0 Å².